The minimum absolute atomic E-state index is 0.00632. The van der Waals surface area contributed by atoms with Gasteiger partial charge < -0.3 is 24.4 Å². The second-order valence-electron chi connectivity index (χ2n) is 8.42. The van der Waals surface area contributed by atoms with Crippen LogP contribution in [0, 0.1) is 0 Å². The Balaban J connectivity index is 1.32. The van der Waals surface area contributed by atoms with Gasteiger partial charge in [0.05, 0.1) is 19.9 Å². The van der Waals surface area contributed by atoms with Crippen molar-refractivity contribution >= 4 is 23.9 Å². The molecule has 0 aliphatic heterocycles. The molecule has 2 aromatic carbocycles. The van der Waals surface area contributed by atoms with Crippen molar-refractivity contribution in [3.63, 3.8) is 0 Å². The molecule has 5 rings (SSSR count). The fourth-order valence-corrected chi connectivity index (χ4v) is 3.79. The fourth-order valence-electron chi connectivity index (χ4n) is 3.79. The number of esters is 1. The predicted molar refractivity (Wildman–Crippen MR) is 146 cm³/mol. The highest BCUT2D eigenvalue weighted by Gasteiger charge is 2.26. The summed E-state index contributed by atoms with van der Waals surface area (Å²) in [7, 11) is 1.27. The molecular formula is C27H24N8O7. The van der Waals surface area contributed by atoms with Gasteiger partial charge in [0.2, 0.25) is 17.4 Å². The second-order valence-corrected chi connectivity index (χ2v) is 8.42. The van der Waals surface area contributed by atoms with Crippen molar-refractivity contribution in [2.24, 2.45) is 5.10 Å². The molecule has 1 amide bonds. The molecule has 0 bridgehead atoms. The van der Waals surface area contributed by atoms with Crippen molar-refractivity contribution in [1.82, 2.24) is 30.7 Å². The number of carbonyl (C=O) groups is 2. The summed E-state index contributed by atoms with van der Waals surface area (Å²) < 4.78 is 27.4. The highest BCUT2D eigenvalue weighted by Crippen LogP contribution is 2.29. The average molecular weight is 573 g/mol. The van der Waals surface area contributed by atoms with E-state index in [0.717, 1.165) is 4.68 Å². The zero-order valence-corrected chi connectivity index (χ0v) is 22.4. The number of ether oxygens (including phenoxy) is 3. The predicted octanol–water partition coefficient (Wildman–Crippen LogP) is 3.02. The van der Waals surface area contributed by atoms with Crippen LogP contribution in [-0.4, -0.2) is 57.1 Å². The Bertz CT molecular complexity index is 1730. The normalized spacial score (nSPS) is 11.0. The van der Waals surface area contributed by atoms with Crippen LogP contribution in [0.25, 0.3) is 17.1 Å². The number of nitrogen functional groups attached to an aromatic ring is 1. The molecule has 0 aliphatic rings. The van der Waals surface area contributed by atoms with Gasteiger partial charge in [-0.3, -0.25) is 4.79 Å². The van der Waals surface area contributed by atoms with E-state index in [1.54, 1.807) is 48.5 Å². The van der Waals surface area contributed by atoms with Gasteiger partial charge in [0, 0.05) is 5.56 Å². The Labute approximate surface area is 237 Å². The van der Waals surface area contributed by atoms with Crippen molar-refractivity contribution < 1.29 is 32.8 Å². The zero-order valence-electron chi connectivity index (χ0n) is 22.4. The molecule has 0 aliphatic carbocycles. The molecule has 0 saturated heterocycles. The Hall–Kier alpha value is -5.99. The molecule has 15 nitrogen and oxygen atoms in total. The number of anilines is 1. The Kier molecular flexibility index (Phi) is 8.18. The molecule has 15 heteroatoms. The lowest BCUT2D eigenvalue weighted by atomic mass is 10.1. The molecule has 3 N–H and O–H groups in total. The lowest BCUT2D eigenvalue weighted by molar-refractivity contribution is 0.0560. The smallest absolute Gasteiger partial charge is 0.373 e. The van der Waals surface area contributed by atoms with Crippen LogP contribution < -0.4 is 20.6 Å². The van der Waals surface area contributed by atoms with Crippen molar-refractivity contribution in [2.45, 2.75) is 13.5 Å². The van der Waals surface area contributed by atoms with E-state index in [4.69, 9.17) is 19.6 Å². The van der Waals surface area contributed by atoms with Gasteiger partial charge in [0.15, 0.2) is 17.2 Å². The number of aromatic nitrogens is 5. The van der Waals surface area contributed by atoms with Gasteiger partial charge in [-0.05, 0) is 53.1 Å². The lowest BCUT2D eigenvalue weighted by Gasteiger charge is -2.11. The summed E-state index contributed by atoms with van der Waals surface area (Å²) in [6.45, 7) is 2.26. The van der Waals surface area contributed by atoms with Crippen LogP contribution >= 0.6 is 0 Å². The van der Waals surface area contributed by atoms with Crippen LogP contribution in [-0.2, 0) is 11.3 Å². The number of methoxy groups -OCH3 is 1. The van der Waals surface area contributed by atoms with E-state index in [2.05, 4.69) is 40.5 Å². The van der Waals surface area contributed by atoms with Gasteiger partial charge in [-0.2, -0.15) is 9.78 Å². The standard InChI is InChI=1S/C27H24N8O7/c1-3-39-21-13-16(9-11-19(21)40-15-18-10-12-20(41-18)27(37)38-2)14-29-31-26(36)23-22(17-7-5-4-6-8-17)30-34-35(23)25-24(28)32-42-33-25/h4-14H,3,15H2,1-2H3,(H2,28,32)(H,31,36)/b29-14+. The maximum atomic E-state index is 13.3. The van der Waals surface area contributed by atoms with Crippen molar-refractivity contribution in [2.75, 3.05) is 19.5 Å². The molecule has 42 heavy (non-hydrogen) atoms. The van der Waals surface area contributed by atoms with Crippen LogP contribution in [0.2, 0.25) is 0 Å². The van der Waals surface area contributed by atoms with E-state index in [0.29, 0.717) is 35.0 Å². The molecule has 0 unspecified atom stereocenters. The summed E-state index contributed by atoms with van der Waals surface area (Å²) >= 11 is 0. The molecule has 3 aromatic heterocycles. The highest BCUT2D eigenvalue weighted by atomic mass is 16.6. The van der Waals surface area contributed by atoms with Crippen molar-refractivity contribution in [3.8, 4) is 28.6 Å². The number of nitrogens with zero attached hydrogens (tertiary/aromatic N) is 6. The summed E-state index contributed by atoms with van der Waals surface area (Å²) in [5.74, 6) is 0.107. The Morgan fingerprint density at radius 2 is 1.90 bits per heavy atom. The average Bonchev–Trinajstić information content (AvgIpc) is 3.76. The molecule has 5 aromatic rings. The molecule has 0 radical (unpaired) electrons. The number of benzene rings is 2. The lowest BCUT2D eigenvalue weighted by Crippen LogP contribution is -2.22. The number of nitrogens with one attached hydrogen (secondary N) is 1. The van der Waals surface area contributed by atoms with Gasteiger partial charge in [0.25, 0.3) is 5.91 Å². The maximum Gasteiger partial charge on any atom is 0.373 e. The highest BCUT2D eigenvalue weighted by molar-refractivity contribution is 5.99. The third kappa shape index (κ3) is 5.94. The number of carbonyl (C=O) groups excluding carboxylic acids is 2. The van der Waals surface area contributed by atoms with Crippen molar-refractivity contribution in [3.05, 3.63) is 83.4 Å². The third-order valence-corrected chi connectivity index (χ3v) is 5.69. The topological polar surface area (TPSA) is 195 Å². The first-order valence-electron chi connectivity index (χ1n) is 12.5. The van der Waals surface area contributed by atoms with Crippen molar-refractivity contribution in [1.29, 1.82) is 0 Å². The van der Waals surface area contributed by atoms with E-state index in [-0.39, 0.29) is 35.4 Å². The molecular weight excluding hydrogens is 548 g/mol. The Morgan fingerprint density at radius 1 is 1.07 bits per heavy atom. The van der Waals surface area contributed by atoms with Gasteiger partial charge in [0.1, 0.15) is 18.1 Å². The SMILES string of the molecule is CCOc1cc(/C=N/NC(=O)c2c(-c3ccccc3)nnn2-c2nonc2N)ccc1OCc1ccc(C(=O)OC)o1. The Morgan fingerprint density at radius 3 is 2.64 bits per heavy atom. The first-order chi connectivity index (χ1) is 20.5. The maximum absolute atomic E-state index is 13.3. The largest absolute Gasteiger partial charge is 0.490 e. The molecule has 3 heterocycles. The van der Waals surface area contributed by atoms with Gasteiger partial charge in [-0.15, -0.1) is 5.10 Å². The van der Waals surface area contributed by atoms with Crippen LogP contribution in [0.4, 0.5) is 5.82 Å². The van der Waals surface area contributed by atoms with Crippen LogP contribution in [0.5, 0.6) is 11.5 Å². The first kappa shape index (κ1) is 27.6. The van der Waals surface area contributed by atoms with E-state index >= 15 is 0 Å². The summed E-state index contributed by atoms with van der Waals surface area (Å²) in [6.07, 6.45) is 1.43. The van der Waals surface area contributed by atoms with Gasteiger partial charge in [-0.25, -0.2) is 14.8 Å². The minimum Gasteiger partial charge on any atom is -0.490 e. The monoisotopic (exact) mass is 572 g/mol. The molecule has 0 saturated carbocycles. The molecule has 0 fully saturated rings. The number of rotatable bonds is 11. The van der Waals surface area contributed by atoms with Crippen LogP contribution in [0.15, 0.2) is 74.8 Å². The summed E-state index contributed by atoms with van der Waals surface area (Å²) in [6, 6.07) is 17.2. The number of furan rings is 1. The number of hydrazone groups is 1. The number of nitrogens with two attached hydrogens (primary N) is 1. The quantitative estimate of drug-likeness (QED) is 0.134. The van der Waals surface area contributed by atoms with E-state index in [9.17, 15) is 9.59 Å². The second kappa shape index (κ2) is 12.5. The zero-order chi connectivity index (χ0) is 29.5. The number of amides is 1. The summed E-state index contributed by atoms with van der Waals surface area (Å²) in [4.78, 5) is 24.9. The van der Waals surface area contributed by atoms with E-state index in [1.807, 2.05) is 13.0 Å². The van der Waals surface area contributed by atoms with E-state index in [1.165, 1.54) is 19.4 Å². The van der Waals surface area contributed by atoms with Gasteiger partial charge in [-0.1, -0.05) is 35.5 Å². The molecule has 214 valence electrons. The van der Waals surface area contributed by atoms with E-state index < -0.39 is 11.9 Å². The third-order valence-electron chi connectivity index (χ3n) is 5.69. The summed E-state index contributed by atoms with van der Waals surface area (Å²) in [5.41, 5.74) is 9.86. The minimum atomic E-state index is -0.632. The fraction of sp³-hybridized carbons (Fsp3) is 0.148. The first-order valence-corrected chi connectivity index (χ1v) is 12.5. The van der Waals surface area contributed by atoms with Crippen LogP contribution in [0.1, 0.15) is 39.3 Å². The molecule has 0 spiro atoms. The summed E-state index contributed by atoms with van der Waals surface area (Å²) in [5, 5.41) is 19.5. The number of hydrogen-bond acceptors (Lipinski definition) is 13. The van der Waals surface area contributed by atoms with Crippen LogP contribution in [0.3, 0.4) is 0 Å². The van der Waals surface area contributed by atoms with Gasteiger partial charge >= 0.3 is 5.97 Å². The number of hydrogen-bond donors (Lipinski definition) is 2. The molecule has 0 atom stereocenters.